The topological polar surface area (TPSA) is 98.8 Å². The van der Waals surface area contributed by atoms with Gasteiger partial charge in [-0.1, -0.05) is 63.6 Å². The summed E-state index contributed by atoms with van der Waals surface area (Å²) in [5.41, 5.74) is 1.72. The largest absolute Gasteiger partial charge is 0.508 e. The smallest absolute Gasteiger partial charge is 0.472 e. The van der Waals surface area contributed by atoms with Gasteiger partial charge in [0.05, 0.1) is 14.2 Å². The van der Waals surface area contributed by atoms with Gasteiger partial charge in [0.15, 0.2) is 0 Å². The van der Waals surface area contributed by atoms with Gasteiger partial charge in [0.1, 0.15) is 30.7 Å². The number of carbonyl (C=O) groups excluding carboxylic acids is 2. The number of rotatable bonds is 11. The molecule has 0 radical (unpaired) electrons. The number of methoxy groups -OCH3 is 3. The molecule has 4 aliphatic carbocycles. The van der Waals surface area contributed by atoms with Gasteiger partial charge in [0, 0.05) is 25.4 Å². The third-order valence-electron chi connectivity index (χ3n) is 12.2. The Bertz CT molecular complexity index is 1200. The highest BCUT2D eigenvalue weighted by atomic mass is 32.1. The lowest BCUT2D eigenvalue weighted by Gasteiger charge is -2.57. The lowest BCUT2D eigenvalue weighted by atomic mass is 9.49. The maximum Gasteiger partial charge on any atom is 0.508 e. The van der Waals surface area contributed by atoms with Gasteiger partial charge in [0.25, 0.3) is 0 Å². The molecule has 3 saturated carbocycles. The summed E-state index contributed by atoms with van der Waals surface area (Å²) in [7, 11) is 4.23. The van der Waals surface area contributed by atoms with Crippen LogP contribution in [0.1, 0.15) is 86.5 Å². The van der Waals surface area contributed by atoms with Gasteiger partial charge < -0.3 is 33.2 Å². The van der Waals surface area contributed by atoms with Crippen molar-refractivity contribution in [1.29, 1.82) is 0 Å². The van der Waals surface area contributed by atoms with Gasteiger partial charge in [-0.15, -0.1) is 0 Å². The fourth-order valence-electron chi connectivity index (χ4n) is 9.37. The monoisotopic (exact) mass is 682 g/mol. The van der Waals surface area contributed by atoms with Crippen LogP contribution in [0.5, 0.6) is 0 Å². The van der Waals surface area contributed by atoms with Crippen LogP contribution >= 0.6 is 24.8 Å². The number of fused-ring (bicyclic) bond motifs is 5. The Morgan fingerprint density at radius 1 is 1.02 bits per heavy atom. The number of ether oxygens (including phenoxy) is 7. The average molecular weight is 683 g/mol. The minimum atomic E-state index is -0.732. The van der Waals surface area contributed by atoms with Crippen molar-refractivity contribution in [3.05, 3.63) is 23.3 Å². The van der Waals surface area contributed by atoms with Crippen molar-refractivity contribution in [1.82, 2.24) is 0 Å². The van der Waals surface area contributed by atoms with E-state index in [4.69, 9.17) is 45.4 Å². The van der Waals surface area contributed by atoms with E-state index in [1.807, 2.05) is 13.8 Å². The van der Waals surface area contributed by atoms with Crippen molar-refractivity contribution in [2.45, 2.75) is 110 Å². The Morgan fingerprint density at radius 2 is 1.70 bits per heavy atom. The molecule has 1 unspecified atom stereocenters. The third kappa shape index (κ3) is 7.27. The lowest BCUT2D eigenvalue weighted by Crippen LogP contribution is -2.54. The van der Waals surface area contributed by atoms with E-state index in [-0.39, 0.29) is 28.6 Å². The number of hydrogen-bond acceptors (Lipinski definition) is 10. The molecule has 0 saturated heterocycles. The molecular formula is C35H54O9S2. The van der Waals surface area contributed by atoms with Crippen LogP contribution in [0, 0.1) is 40.4 Å². The first-order valence-corrected chi connectivity index (χ1v) is 17.4. The van der Waals surface area contributed by atoms with Gasteiger partial charge in [-0.3, -0.25) is 0 Å². The predicted octanol–water partition coefficient (Wildman–Crippen LogP) is 8.06. The van der Waals surface area contributed by atoms with Gasteiger partial charge in [-0.2, -0.15) is 0 Å². The standard InChI is InChI=1S/C35H54O9S2/c1-20(16-28(44-32(45)46)33(3,4)41-19-38-7)21(2)25-12-13-26-24-11-10-22-17-23(42-30(36)39-8)18-29(43-31(37)40-9)35(22,6)27(24)14-15-34(25,26)5/h10-11,20-21,23,25-29H,12-19H2,1-9H3,(H,45,46)/t20-,21+,23-,25-,26+,27+,28?,29+,34-,35+/m1/s1. The van der Waals surface area contributed by atoms with Crippen molar-refractivity contribution >= 4 is 41.5 Å². The zero-order chi connectivity index (χ0) is 34.0. The van der Waals surface area contributed by atoms with Crippen LogP contribution in [-0.2, 0) is 33.2 Å². The third-order valence-corrected chi connectivity index (χ3v) is 12.4. The fourth-order valence-corrected chi connectivity index (χ4v) is 9.61. The van der Waals surface area contributed by atoms with E-state index in [1.165, 1.54) is 19.8 Å². The molecule has 10 atom stereocenters. The zero-order valence-electron chi connectivity index (χ0n) is 29.0. The van der Waals surface area contributed by atoms with Crippen LogP contribution in [0.2, 0.25) is 0 Å². The molecular weight excluding hydrogens is 629 g/mol. The Balaban J connectivity index is 1.57. The fraction of sp³-hybridized carbons (Fsp3) is 0.800. The second kappa shape index (κ2) is 14.7. The first-order chi connectivity index (χ1) is 21.6. The van der Waals surface area contributed by atoms with Crippen molar-refractivity contribution < 1.29 is 42.7 Å². The molecule has 46 heavy (non-hydrogen) atoms. The molecule has 260 valence electrons. The first-order valence-electron chi connectivity index (χ1n) is 16.5. The van der Waals surface area contributed by atoms with E-state index in [0.717, 1.165) is 37.7 Å². The van der Waals surface area contributed by atoms with Crippen molar-refractivity contribution in [2.75, 3.05) is 28.1 Å². The Hall–Kier alpha value is -1.82. The normalized spacial score (nSPS) is 33.9. The molecule has 0 N–H and O–H groups in total. The summed E-state index contributed by atoms with van der Waals surface area (Å²) in [6.45, 7) is 13.6. The molecule has 0 aliphatic heterocycles. The van der Waals surface area contributed by atoms with Gasteiger partial charge in [0.2, 0.25) is 4.38 Å². The van der Waals surface area contributed by atoms with E-state index in [0.29, 0.717) is 36.5 Å². The molecule has 0 aromatic carbocycles. The van der Waals surface area contributed by atoms with Crippen molar-refractivity contribution in [3.8, 4) is 0 Å². The molecule has 9 nitrogen and oxygen atoms in total. The van der Waals surface area contributed by atoms with Crippen LogP contribution in [0.25, 0.3) is 0 Å². The van der Waals surface area contributed by atoms with E-state index in [1.54, 1.807) is 7.11 Å². The highest BCUT2D eigenvalue weighted by Gasteiger charge is 2.60. The van der Waals surface area contributed by atoms with E-state index in [2.05, 4.69) is 52.5 Å². The van der Waals surface area contributed by atoms with Crippen LogP contribution in [0.4, 0.5) is 9.59 Å². The first kappa shape index (κ1) is 37.0. The number of thiocarbonyl (C=S) groups is 1. The molecule has 0 aromatic rings. The van der Waals surface area contributed by atoms with E-state index >= 15 is 0 Å². The van der Waals surface area contributed by atoms with Crippen LogP contribution in [-0.4, -0.2) is 68.7 Å². The van der Waals surface area contributed by atoms with Crippen molar-refractivity contribution in [3.63, 3.8) is 0 Å². The van der Waals surface area contributed by atoms with Gasteiger partial charge in [-0.25, -0.2) is 9.59 Å². The molecule has 11 heteroatoms. The Kier molecular flexibility index (Phi) is 11.9. The second-order valence-electron chi connectivity index (χ2n) is 14.8. The van der Waals surface area contributed by atoms with Gasteiger partial charge in [-0.05, 0) is 93.2 Å². The highest BCUT2D eigenvalue weighted by Crippen LogP contribution is 2.66. The maximum absolute atomic E-state index is 12.5. The molecule has 3 fully saturated rings. The van der Waals surface area contributed by atoms with E-state index < -0.39 is 35.5 Å². The SMILES string of the molecule is COCOC(C)(C)C(C[C@@H](C)[C@H](C)[C@H]1CC[C@H]2C3=CC=C4C[C@@H](OC(=O)OC)C[C@H](OC(=O)OC)[C@]4(C)[C@H]3CC[C@]12C)OC(=S)S. The molecule has 0 heterocycles. The molecule has 4 rings (SSSR count). The van der Waals surface area contributed by atoms with Gasteiger partial charge >= 0.3 is 12.3 Å². The second-order valence-corrected chi connectivity index (χ2v) is 15.8. The van der Waals surface area contributed by atoms with Crippen molar-refractivity contribution in [2.24, 2.45) is 40.4 Å². The molecule has 0 aromatic heterocycles. The minimum absolute atomic E-state index is 0.138. The number of carbonyl (C=O) groups is 2. The quantitative estimate of drug-likeness (QED) is 0.0997. The average Bonchev–Trinajstić information content (AvgIpc) is 3.36. The van der Waals surface area contributed by atoms with E-state index in [9.17, 15) is 9.59 Å². The molecule has 0 amide bonds. The zero-order valence-corrected chi connectivity index (χ0v) is 30.7. The highest BCUT2D eigenvalue weighted by molar-refractivity contribution is 8.10. The lowest BCUT2D eigenvalue weighted by molar-refractivity contribution is -0.159. The summed E-state index contributed by atoms with van der Waals surface area (Å²) in [5, 5.41) is 0. The summed E-state index contributed by atoms with van der Waals surface area (Å²) in [4.78, 5) is 24.4. The van der Waals surface area contributed by atoms with Crippen LogP contribution in [0.15, 0.2) is 23.3 Å². The minimum Gasteiger partial charge on any atom is -0.472 e. The Labute approximate surface area is 285 Å². The maximum atomic E-state index is 12.5. The number of thiol groups is 1. The van der Waals surface area contributed by atoms with Crippen LogP contribution in [0.3, 0.4) is 0 Å². The molecule has 0 bridgehead atoms. The summed E-state index contributed by atoms with van der Waals surface area (Å²) in [5.74, 6) is 1.98. The predicted molar refractivity (Wildman–Crippen MR) is 182 cm³/mol. The summed E-state index contributed by atoms with van der Waals surface area (Å²) >= 11 is 9.51. The summed E-state index contributed by atoms with van der Waals surface area (Å²) in [6.07, 6.45) is 7.97. The molecule has 4 aliphatic rings. The number of allylic oxidation sites excluding steroid dienone is 3. The summed E-state index contributed by atoms with van der Waals surface area (Å²) < 4.78 is 38.7. The van der Waals surface area contributed by atoms with Crippen LogP contribution < -0.4 is 0 Å². The number of hydrogen-bond donors (Lipinski definition) is 1. The Morgan fingerprint density at radius 3 is 2.33 bits per heavy atom. The molecule has 0 spiro atoms. The summed E-state index contributed by atoms with van der Waals surface area (Å²) in [6, 6.07) is 0.